The zero-order chi connectivity index (χ0) is 40.9. The first kappa shape index (κ1) is 39.4. The summed E-state index contributed by atoms with van der Waals surface area (Å²) >= 11 is 0. The van der Waals surface area contributed by atoms with Gasteiger partial charge in [0.2, 0.25) is 0 Å². The average molecular weight is 791 g/mol. The van der Waals surface area contributed by atoms with Crippen molar-refractivity contribution in [2.24, 2.45) is 0 Å². The van der Waals surface area contributed by atoms with Gasteiger partial charge < -0.3 is 40.0 Å². The fourth-order valence-electron chi connectivity index (χ4n) is 7.82. The number of phenols is 2. The predicted molar refractivity (Wildman–Crippen MR) is 194 cm³/mol. The maximum Gasteiger partial charge on any atom is 0.471 e. The number of carbonyl (C=O) groups is 4. The van der Waals surface area contributed by atoms with E-state index in [-0.39, 0.29) is 28.7 Å². The first-order valence-electron chi connectivity index (χ1n) is 17.9. The summed E-state index contributed by atoms with van der Waals surface area (Å²) in [7, 11) is 0. The van der Waals surface area contributed by atoms with Gasteiger partial charge in [0.15, 0.2) is 17.9 Å². The number of carbonyl (C=O) groups excluding carboxylic acids is 4. The van der Waals surface area contributed by atoms with Crippen molar-refractivity contribution in [2.45, 2.75) is 74.5 Å². The fraction of sp³-hybridized carbons (Fsp3) is 0.317. The third-order valence-electron chi connectivity index (χ3n) is 10.6. The van der Waals surface area contributed by atoms with E-state index in [0.29, 0.717) is 11.3 Å². The minimum atomic E-state index is -5.32. The Kier molecular flexibility index (Phi) is 10.3. The van der Waals surface area contributed by atoms with Crippen LogP contribution >= 0.6 is 0 Å². The van der Waals surface area contributed by atoms with Gasteiger partial charge in [-0.2, -0.15) is 13.2 Å². The molecule has 6 atom stereocenters. The Morgan fingerprint density at radius 1 is 0.877 bits per heavy atom. The Hall–Kier alpha value is -5.81. The lowest BCUT2D eigenvalue weighted by Crippen LogP contribution is -2.66. The van der Waals surface area contributed by atoms with Crippen molar-refractivity contribution in [1.82, 2.24) is 5.32 Å². The maximum atomic E-state index is 13.8. The van der Waals surface area contributed by atoms with Crippen LogP contribution in [0.1, 0.15) is 74.4 Å². The van der Waals surface area contributed by atoms with Crippen LogP contribution in [0.4, 0.5) is 23.7 Å². The molecule has 0 saturated carbocycles. The number of alkyl halides is 3. The Morgan fingerprint density at radius 3 is 2.07 bits per heavy atom. The molecule has 2 amide bonds. The molecule has 1 saturated heterocycles. The molecular formula is C41H37F3N2O11. The molecule has 4 aromatic rings. The van der Waals surface area contributed by atoms with Gasteiger partial charge in [0.1, 0.15) is 29.3 Å². The van der Waals surface area contributed by atoms with Gasteiger partial charge in [-0.15, -0.1) is 0 Å². The van der Waals surface area contributed by atoms with Crippen LogP contribution in [0.25, 0.3) is 0 Å². The molecule has 1 aliphatic heterocycles. The summed E-state index contributed by atoms with van der Waals surface area (Å²) in [4.78, 5) is 52.6. The van der Waals surface area contributed by atoms with Gasteiger partial charge in [-0.3, -0.25) is 19.7 Å². The number of rotatable bonds is 8. The number of para-hydroxylation sites is 1. The summed E-state index contributed by atoms with van der Waals surface area (Å²) in [6, 6.07) is 20.7. The number of benzene rings is 4. The van der Waals surface area contributed by atoms with E-state index in [1.165, 1.54) is 31.2 Å². The summed E-state index contributed by atoms with van der Waals surface area (Å²) in [5.74, 6) is -5.41. The fourth-order valence-corrected chi connectivity index (χ4v) is 7.82. The van der Waals surface area contributed by atoms with Gasteiger partial charge in [-0.1, -0.05) is 72.8 Å². The predicted octanol–water partition coefficient (Wildman–Crippen LogP) is 5.01. The zero-order valence-electron chi connectivity index (χ0n) is 30.2. The minimum Gasteiger partial charge on any atom is -0.507 e. The SMILES string of the molecule is C[C@H]1O[C@@H](O[C@H]2CC(O)(COC(=O)Nc3ccccc3)Cc3c(O)c4c(c(O)c32)C(=O)c2ccccc2C4=O)C[C@H](NC(=O)C(F)(F)F)[C@]1(O)Cc1ccccc1. The number of fused-ring (bicyclic) bond motifs is 3. The van der Waals surface area contributed by atoms with Crippen LogP contribution in [0.2, 0.25) is 0 Å². The molecule has 4 aromatic carbocycles. The van der Waals surface area contributed by atoms with Crippen LogP contribution in [-0.4, -0.2) is 86.4 Å². The van der Waals surface area contributed by atoms with Crippen molar-refractivity contribution >= 4 is 29.3 Å². The summed E-state index contributed by atoms with van der Waals surface area (Å²) in [6.07, 6.45) is -12.5. The number of phenolic OH excluding ortho intramolecular Hbond substituents is 2. The molecule has 16 heteroatoms. The quantitative estimate of drug-likeness (QED) is 0.115. The molecule has 3 aliphatic rings. The van der Waals surface area contributed by atoms with E-state index in [4.69, 9.17) is 14.2 Å². The lowest BCUT2D eigenvalue weighted by atomic mass is 9.73. The Labute approximate surface area is 323 Å². The Bertz CT molecular complexity index is 2240. The van der Waals surface area contributed by atoms with E-state index in [1.54, 1.807) is 60.7 Å². The number of ether oxygens (including phenoxy) is 3. The van der Waals surface area contributed by atoms with Crippen LogP contribution in [0.5, 0.6) is 11.5 Å². The maximum absolute atomic E-state index is 13.8. The Balaban J connectivity index is 1.25. The highest BCUT2D eigenvalue weighted by atomic mass is 19.4. The van der Waals surface area contributed by atoms with Crippen LogP contribution in [0.15, 0.2) is 84.9 Å². The van der Waals surface area contributed by atoms with E-state index < -0.39 is 114 Å². The number of aliphatic hydroxyl groups is 2. The highest BCUT2D eigenvalue weighted by molar-refractivity contribution is 6.30. The lowest BCUT2D eigenvalue weighted by Gasteiger charge is -2.48. The molecule has 298 valence electrons. The molecule has 0 spiro atoms. The highest BCUT2D eigenvalue weighted by Gasteiger charge is 2.54. The largest absolute Gasteiger partial charge is 0.507 e. The molecule has 7 rings (SSSR count). The van der Waals surface area contributed by atoms with Crippen molar-refractivity contribution in [3.05, 3.63) is 124 Å². The standard InChI is InChI=1S/C41H37F3N2O11/c1-21-40(54,17-22-10-4-2-5-11-22)28(46-37(51)41(42,43)44)16-29(56-21)57-27-19-39(53,20-55-38(52)45-23-12-6-3-7-13-23)18-26-30(27)36(50)32-31(35(26)49)33(47)24-14-8-9-15-25(24)34(32)48/h2-15,21,27-29,49-50,53-54H,16-20H2,1H3,(H,45,52)(H,46,51)/t21-,27+,28+,29+,39?,40+/m1/s1. The van der Waals surface area contributed by atoms with E-state index in [2.05, 4.69) is 5.32 Å². The topological polar surface area (TPSA) is 201 Å². The van der Waals surface area contributed by atoms with Crippen molar-refractivity contribution in [1.29, 1.82) is 0 Å². The molecular weight excluding hydrogens is 753 g/mol. The second-order valence-corrected chi connectivity index (χ2v) is 14.5. The molecule has 1 fully saturated rings. The average Bonchev–Trinajstić information content (AvgIpc) is 3.17. The van der Waals surface area contributed by atoms with Gasteiger partial charge >= 0.3 is 18.2 Å². The molecule has 0 aromatic heterocycles. The molecule has 0 radical (unpaired) electrons. The number of hydrogen-bond acceptors (Lipinski definition) is 11. The van der Waals surface area contributed by atoms with Crippen LogP contribution in [0, 0.1) is 0 Å². The Morgan fingerprint density at radius 2 is 1.46 bits per heavy atom. The number of amides is 2. The number of ketones is 2. The first-order chi connectivity index (χ1) is 27.0. The second kappa shape index (κ2) is 14.9. The molecule has 13 nitrogen and oxygen atoms in total. The number of aromatic hydroxyl groups is 2. The van der Waals surface area contributed by atoms with Crippen LogP contribution in [0.3, 0.4) is 0 Å². The van der Waals surface area contributed by atoms with Gasteiger partial charge in [0, 0.05) is 53.6 Å². The number of hydrogen-bond donors (Lipinski definition) is 6. The van der Waals surface area contributed by atoms with E-state index in [1.807, 2.05) is 5.32 Å². The van der Waals surface area contributed by atoms with E-state index in [0.717, 1.165) is 0 Å². The highest BCUT2D eigenvalue weighted by Crippen LogP contribution is 2.52. The smallest absolute Gasteiger partial charge is 0.471 e. The summed E-state index contributed by atoms with van der Waals surface area (Å²) in [5.41, 5.74) is -4.88. The zero-order valence-corrected chi connectivity index (χ0v) is 30.2. The third kappa shape index (κ3) is 7.56. The summed E-state index contributed by atoms with van der Waals surface area (Å²) in [6.45, 7) is 0.651. The van der Waals surface area contributed by atoms with E-state index >= 15 is 0 Å². The van der Waals surface area contributed by atoms with Crippen LogP contribution < -0.4 is 10.6 Å². The normalized spacial score (nSPS) is 25.4. The molecule has 57 heavy (non-hydrogen) atoms. The lowest BCUT2D eigenvalue weighted by molar-refractivity contribution is -0.277. The molecule has 1 heterocycles. The number of anilines is 1. The molecule has 0 bridgehead atoms. The van der Waals surface area contributed by atoms with Gasteiger partial charge in [-0.25, -0.2) is 4.79 Å². The van der Waals surface area contributed by atoms with Gasteiger partial charge in [0.05, 0.1) is 29.4 Å². The second-order valence-electron chi connectivity index (χ2n) is 14.5. The molecule has 2 aliphatic carbocycles. The summed E-state index contributed by atoms with van der Waals surface area (Å²) in [5, 5.41) is 51.8. The van der Waals surface area contributed by atoms with Crippen molar-refractivity contribution in [3.8, 4) is 11.5 Å². The summed E-state index contributed by atoms with van der Waals surface area (Å²) < 4.78 is 58.5. The van der Waals surface area contributed by atoms with Crippen molar-refractivity contribution < 1.29 is 67.0 Å². The molecule has 1 unspecified atom stereocenters. The number of halogens is 3. The number of nitrogens with one attached hydrogen (secondary N) is 2. The van der Waals surface area contributed by atoms with Crippen molar-refractivity contribution in [3.63, 3.8) is 0 Å². The molecule has 6 N–H and O–H groups in total. The first-order valence-corrected chi connectivity index (χ1v) is 17.9. The monoisotopic (exact) mass is 790 g/mol. The van der Waals surface area contributed by atoms with Gasteiger partial charge in [0.25, 0.3) is 0 Å². The van der Waals surface area contributed by atoms with Crippen molar-refractivity contribution in [2.75, 3.05) is 11.9 Å². The third-order valence-corrected chi connectivity index (χ3v) is 10.6. The minimum absolute atomic E-state index is 0.0380. The van der Waals surface area contributed by atoms with Crippen LogP contribution in [-0.2, 0) is 31.8 Å². The van der Waals surface area contributed by atoms with E-state index in [9.17, 15) is 52.8 Å². The van der Waals surface area contributed by atoms with Gasteiger partial charge in [-0.05, 0) is 24.6 Å².